The molecule has 0 spiro atoms. The van der Waals surface area contributed by atoms with Crippen LogP contribution in [0.3, 0.4) is 0 Å². The van der Waals surface area contributed by atoms with Crippen molar-refractivity contribution in [2.45, 2.75) is 63.8 Å². The summed E-state index contributed by atoms with van der Waals surface area (Å²) in [5.74, 6) is -0.315. The van der Waals surface area contributed by atoms with E-state index in [4.69, 9.17) is 14.6 Å². The van der Waals surface area contributed by atoms with Gasteiger partial charge in [0.25, 0.3) is 0 Å². The molecule has 2 rings (SSSR count). The van der Waals surface area contributed by atoms with Gasteiger partial charge in [0.1, 0.15) is 5.60 Å². The highest BCUT2D eigenvalue weighted by atomic mass is 16.6. The van der Waals surface area contributed by atoms with E-state index in [9.17, 15) is 9.59 Å². The molecule has 1 aliphatic carbocycles. The summed E-state index contributed by atoms with van der Waals surface area (Å²) in [6.07, 6.45) is 1.75. The van der Waals surface area contributed by atoms with Crippen molar-refractivity contribution in [1.82, 2.24) is 4.90 Å². The molecule has 0 aromatic rings. The first-order valence-corrected chi connectivity index (χ1v) is 7.11. The van der Waals surface area contributed by atoms with E-state index in [1.54, 1.807) is 0 Å². The lowest BCUT2D eigenvalue weighted by Gasteiger charge is -2.42. The van der Waals surface area contributed by atoms with Gasteiger partial charge in [-0.15, -0.1) is 0 Å². The molecule has 20 heavy (non-hydrogen) atoms. The molecule has 1 N–H and O–H groups in total. The Balaban J connectivity index is 1.95. The first-order chi connectivity index (χ1) is 9.22. The predicted molar refractivity (Wildman–Crippen MR) is 71.5 cm³/mol. The van der Waals surface area contributed by atoms with Crippen LogP contribution in [0.2, 0.25) is 0 Å². The monoisotopic (exact) mass is 285 g/mol. The fourth-order valence-electron chi connectivity index (χ4n) is 2.56. The van der Waals surface area contributed by atoms with Crippen LogP contribution in [0.5, 0.6) is 0 Å². The number of amides is 1. The molecule has 1 aliphatic heterocycles. The van der Waals surface area contributed by atoms with Gasteiger partial charge >= 0.3 is 12.1 Å². The van der Waals surface area contributed by atoms with Gasteiger partial charge in [0, 0.05) is 6.54 Å². The highest BCUT2D eigenvalue weighted by Gasteiger charge is 2.50. The normalized spacial score (nSPS) is 25.1. The Morgan fingerprint density at radius 2 is 1.95 bits per heavy atom. The maximum absolute atomic E-state index is 12.3. The van der Waals surface area contributed by atoms with Gasteiger partial charge in [0.15, 0.2) is 5.60 Å². The van der Waals surface area contributed by atoms with E-state index in [0.29, 0.717) is 32.4 Å². The third-order valence-corrected chi connectivity index (χ3v) is 3.74. The zero-order valence-electron chi connectivity index (χ0n) is 12.3. The average molecular weight is 285 g/mol. The van der Waals surface area contributed by atoms with Gasteiger partial charge in [0.2, 0.25) is 0 Å². The van der Waals surface area contributed by atoms with Crippen molar-refractivity contribution in [3.63, 3.8) is 0 Å². The Hall–Kier alpha value is -1.30. The Kier molecular flexibility index (Phi) is 3.95. The molecule has 1 atom stereocenters. The lowest BCUT2D eigenvalue weighted by atomic mass is 9.79. The lowest BCUT2D eigenvalue weighted by molar-refractivity contribution is -0.204. The Bertz CT molecular complexity index is 397. The van der Waals surface area contributed by atoms with Crippen LogP contribution in [0.4, 0.5) is 4.79 Å². The lowest BCUT2D eigenvalue weighted by Crippen LogP contribution is -2.53. The number of rotatable bonds is 3. The third kappa shape index (κ3) is 3.23. The van der Waals surface area contributed by atoms with Crippen molar-refractivity contribution >= 4 is 12.1 Å². The van der Waals surface area contributed by atoms with Crippen LogP contribution in [0.25, 0.3) is 0 Å². The maximum atomic E-state index is 12.3. The second-order valence-corrected chi connectivity index (χ2v) is 6.61. The molecule has 2 fully saturated rings. The number of esters is 1. The van der Waals surface area contributed by atoms with Gasteiger partial charge in [-0.2, -0.15) is 0 Å². The molecule has 0 radical (unpaired) electrons. The Morgan fingerprint density at radius 1 is 1.30 bits per heavy atom. The van der Waals surface area contributed by atoms with Crippen LogP contribution in [0.15, 0.2) is 0 Å². The molecule has 1 saturated carbocycles. The van der Waals surface area contributed by atoms with Crippen LogP contribution in [0.1, 0.15) is 46.5 Å². The zero-order valence-corrected chi connectivity index (χ0v) is 12.3. The zero-order chi connectivity index (χ0) is 15.0. The van der Waals surface area contributed by atoms with Gasteiger partial charge in [0.05, 0.1) is 12.6 Å². The van der Waals surface area contributed by atoms with Crippen molar-refractivity contribution in [2.24, 2.45) is 0 Å². The standard InChI is InChI=1S/C14H23NO5/c1-13(2,3)20-11(16)14(6-4-7-14)19-10-5-8-15(9-10)12(17)18/h10H,4-9H2,1-3H3,(H,17,18)/t10-/m0/s1. The summed E-state index contributed by atoms with van der Waals surface area (Å²) in [7, 11) is 0. The SMILES string of the molecule is CC(C)(C)OC(=O)C1(O[C@H]2CCN(C(=O)O)C2)CCC1. The molecule has 0 unspecified atom stereocenters. The highest BCUT2D eigenvalue weighted by Crippen LogP contribution is 2.40. The van der Waals surface area contributed by atoms with Crippen LogP contribution in [0, 0.1) is 0 Å². The summed E-state index contributed by atoms with van der Waals surface area (Å²) in [5.41, 5.74) is -1.39. The summed E-state index contributed by atoms with van der Waals surface area (Å²) >= 11 is 0. The van der Waals surface area contributed by atoms with Gasteiger partial charge in [-0.25, -0.2) is 9.59 Å². The minimum atomic E-state index is -0.934. The van der Waals surface area contributed by atoms with E-state index in [-0.39, 0.29) is 12.1 Å². The summed E-state index contributed by atoms with van der Waals surface area (Å²) in [5, 5.41) is 8.94. The Labute approximate surface area is 119 Å². The van der Waals surface area contributed by atoms with E-state index < -0.39 is 17.3 Å². The molecule has 0 bridgehead atoms. The predicted octanol–water partition coefficient (Wildman–Crippen LogP) is 2.02. The number of carbonyl (C=O) groups excluding carboxylic acids is 1. The molecule has 114 valence electrons. The number of hydrogen-bond donors (Lipinski definition) is 1. The molecular weight excluding hydrogens is 262 g/mol. The minimum absolute atomic E-state index is 0.209. The Morgan fingerprint density at radius 3 is 2.35 bits per heavy atom. The first-order valence-electron chi connectivity index (χ1n) is 7.11. The van der Waals surface area contributed by atoms with Gasteiger partial charge in [-0.3, -0.25) is 0 Å². The number of hydrogen-bond acceptors (Lipinski definition) is 4. The van der Waals surface area contributed by atoms with Crippen molar-refractivity contribution in [2.75, 3.05) is 13.1 Å². The molecule has 1 amide bonds. The average Bonchev–Trinajstić information content (AvgIpc) is 2.69. The number of carboxylic acid groups (broad SMARTS) is 1. The second-order valence-electron chi connectivity index (χ2n) is 6.61. The summed E-state index contributed by atoms with van der Waals surface area (Å²) in [4.78, 5) is 24.5. The number of ether oxygens (including phenoxy) is 2. The van der Waals surface area contributed by atoms with E-state index >= 15 is 0 Å². The second kappa shape index (κ2) is 5.24. The van der Waals surface area contributed by atoms with Crippen LogP contribution in [-0.2, 0) is 14.3 Å². The first kappa shape index (κ1) is 15.1. The fourth-order valence-corrected chi connectivity index (χ4v) is 2.56. The largest absolute Gasteiger partial charge is 0.465 e. The van der Waals surface area contributed by atoms with Crippen LogP contribution < -0.4 is 0 Å². The van der Waals surface area contributed by atoms with Crippen molar-refractivity contribution < 1.29 is 24.2 Å². The fraction of sp³-hybridized carbons (Fsp3) is 0.857. The molecule has 0 aromatic heterocycles. The third-order valence-electron chi connectivity index (χ3n) is 3.74. The van der Waals surface area contributed by atoms with Gasteiger partial charge in [-0.05, 0) is 46.5 Å². The van der Waals surface area contributed by atoms with Gasteiger partial charge < -0.3 is 19.5 Å². The molecule has 1 heterocycles. The molecule has 6 heteroatoms. The van der Waals surface area contributed by atoms with E-state index in [1.807, 2.05) is 20.8 Å². The van der Waals surface area contributed by atoms with E-state index in [2.05, 4.69) is 0 Å². The minimum Gasteiger partial charge on any atom is -0.465 e. The number of likely N-dealkylation sites (tertiary alicyclic amines) is 1. The van der Waals surface area contributed by atoms with E-state index in [1.165, 1.54) is 4.90 Å². The summed E-state index contributed by atoms with van der Waals surface area (Å²) < 4.78 is 11.4. The van der Waals surface area contributed by atoms with Crippen molar-refractivity contribution in [3.8, 4) is 0 Å². The molecule has 6 nitrogen and oxygen atoms in total. The molecular formula is C14H23NO5. The smallest absolute Gasteiger partial charge is 0.407 e. The van der Waals surface area contributed by atoms with Crippen LogP contribution in [-0.4, -0.2) is 52.5 Å². The summed E-state index contributed by atoms with van der Waals surface area (Å²) in [6.45, 7) is 6.29. The van der Waals surface area contributed by atoms with Gasteiger partial charge in [-0.1, -0.05) is 0 Å². The highest BCUT2D eigenvalue weighted by molar-refractivity contribution is 5.81. The quantitative estimate of drug-likeness (QED) is 0.803. The van der Waals surface area contributed by atoms with Crippen molar-refractivity contribution in [3.05, 3.63) is 0 Å². The number of nitrogens with zero attached hydrogens (tertiary/aromatic N) is 1. The molecule has 2 aliphatic rings. The van der Waals surface area contributed by atoms with Crippen molar-refractivity contribution in [1.29, 1.82) is 0 Å². The molecule has 1 saturated heterocycles. The molecule has 0 aromatic carbocycles. The number of carbonyl (C=O) groups is 2. The topological polar surface area (TPSA) is 76.1 Å². The van der Waals surface area contributed by atoms with Crippen LogP contribution >= 0.6 is 0 Å². The maximum Gasteiger partial charge on any atom is 0.407 e. The van der Waals surface area contributed by atoms with E-state index in [0.717, 1.165) is 6.42 Å². The summed E-state index contributed by atoms with van der Waals surface area (Å²) in [6, 6.07) is 0.